The van der Waals surface area contributed by atoms with Crippen LogP contribution < -0.4 is 0 Å². The summed E-state index contributed by atoms with van der Waals surface area (Å²) in [5.41, 5.74) is 1.93. The van der Waals surface area contributed by atoms with Crippen molar-refractivity contribution in [2.24, 2.45) is 0 Å². The highest BCUT2D eigenvalue weighted by Crippen LogP contribution is 2.23. The average molecular weight is 355 g/mol. The number of carbonyl (C=O) groups is 1. The van der Waals surface area contributed by atoms with Crippen LogP contribution in [0.4, 0.5) is 0 Å². The molecule has 0 aliphatic heterocycles. The maximum absolute atomic E-state index is 10.8. The predicted molar refractivity (Wildman–Crippen MR) is 78.7 cm³/mol. The van der Waals surface area contributed by atoms with Crippen molar-refractivity contribution in [3.8, 4) is 11.4 Å². The number of halogens is 1. The van der Waals surface area contributed by atoms with Crippen LogP contribution in [0.3, 0.4) is 0 Å². The van der Waals surface area contributed by atoms with E-state index >= 15 is 0 Å². The zero-order valence-electron chi connectivity index (χ0n) is 11.7. The molecule has 0 aliphatic carbocycles. The molecule has 0 amide bonds. The predicted octanol–water partition coefficient (Wildman–Crippen LogP) is 1.90. The second-order valence-electron chi connectivity index (χ2n) is 4.60. The number of hydrogen-bond donors (Lipinski definition) is 1. The van der Waals surface area contributed by atoms with Crippen molar-refractivity contribution in [2.75, 3.05) is 7.11 Å². The lowest BCUT2D eigenvalue weighted by Gasteiger charge is -2.13. The maximum atomic E-state index is 10.8. The topological polar surface area (TPSA) is 90.1 Å². The van der Waals surface area contributed by atoms with Crippen molar-refractivity contribution >= 4 is 21.9 Å². The molecular weight excluding hydrogens is 340 g/mol. The Morgan fingerprint density at radius 2 is 2.29 bits per heavy atom. The van der Waals surface area contributed by atoms with E-state index in [1.807, 2.05) is 25.1 Å². The summed E-state index contributed by atoms with van der Waals surface area (Å²) in [6.45, 7) is 2.25. The van der Waals surface area contributed by atoms with Gasteiger partial charge in [-0.05, 0) is 41.1 Å². The molecule has 1 aromatic heterocycles. The molecule has 1 unspecified atom stereocenters. The Kier molecular flexibility index (Phi) is 5.03. The fourth-order valence-corrected chi connectivity index (χ4v) is 2.17. The van der Waals surface area contributed by atoms with Crippen LogP contribution in [0.25, 0.3) is 11.4 Å². The van der Waals surface area contributed by atoms with Gasteiger partial charge in [0.2, 0.25) is 0 Å². The first kappa shape index (κ1) is 15.6. The molecule has 0 saturated carbocycles. The van der Waals surface area contributed by atoms with Gasteiger partial charge in [-0.2, -0.15) is 0 Å². The van der Waals surface area contributed by atoms with E-state index in [1.54, 1.807) is 4.68 Å². The fraction of sp³-hybridized carbons (Fsp3) is 0.385. The van der Waals surface area contributed by atoms with Gasteiger partial charge >= 0.3 is 5.97 Å². The van der Waals surface area contributed by atoms with Gasteiger partial charge in [-0.1, -0.05) is 15.9 Å². The van der Waals surface area contributed by atoms with Gasteiger partial charge in [0.05, 0.1) is 19.1 Å². The Morgan fingerprint density at radius 1 is 1.52 bits per heavy atom. The van der Waals surface area contributed by atoms with E-state index in [-0.39, 0.29) is 13.0 Å². The van der Waals surface area contributed by atoms with E-state index in [0.717, 1.165) is 15.6 Å². The van der Waals surface area contributed by atoms with E-state index in [9.17, 15) is 4.79 Å². The normalized spacial score (nSPS) is 12.3. The zero-order valence-corrected chi connectivity index (χ0v) is 13.2. The number of ether oxygens (including phenoxy) is 1. The molecule has 0 aliphatic rings. The van der Waals surface area contributed by atoms with Crippen molar-refractivity contribution in [1.29, 1.82) is 0 Å². The van der Waals surface area contributed by atoms with Gasteiger partial charge in [-0.3, -0.25) is 4.79 Å². The standard InChI is InChI=1S/C13H15BrN4O3/c1-8-5-9(3-4-11(8)14)13-15-16-17-18(13)7-10(21-2)6-12(19)20/h3-5,10H,6-7H2,1-2H3,(H,19,20). The molecule has 2 aromatic rings. The lowest BCUT2D eigenvalue weighted by molar-refractivity contribution is -0.139. The van der Waals surface area contributed by atoms with E-state index in [2.05, 4.69) is 31.5 Å². The molecule has 0 saturated heterocycles. The van der Waals surface area contributed by atoms with Crippen LogP contribution in [-0.4, -0.2) is 44.5 Å². The Hall–Kier alpha value is -1.80. The van der Waals surface area contributed by atoms with Crippen molar-refractivity contribution in [1.82, 2.24) is 20.2 Å². The van der Waals surface area contributed by atoms with Gasteiger partial charge in [0.15, 0.2) is 5.82 Å². The Morgan fingerprint density at radius 3 is 2.90 bits per heavy atom. The molecular formula is C13H15BrN4O3. The third-order valence-corrected chi connectivity index (χ3v) is 3.95. The number of hydrogen-bond acceptors (Lipinski definition) is 5. The SMILES string of the molecule is COC(CC(=O)O)Cn1nnnc1-c1ccc(Br)c(C)c1. The second-order valence-corrected chi connectivity index (χ2v) is 5.46. The molecule has 0 bridgehead atoms. The molecule has 0 radical (unpaired) electrons. The molecule has 7 nitrogen and oxygen atoms in total. The molecule has 1 heterocycles. The van der Waals surface area contributed by atoms with E-state index in [1.165, 1.54) is 7.11 Å². The number of carboxylic acids is 1. The summed E-state index contributed by atoms with van der Waals surface area (Å²) in [6, 6.07) is 5.79. The number of aromatic nitrogens is 4. The monoisotopic (exact) mass is 354 g/mol. The number of benzene rings is 1. The molecule has 21 heavy (non-hydrogen) atoms. The second kappa shape index (κ2) is 6.77. The minimum Gasteiger partial charge on any atom is -0.481 e. The fourth-order valence-electron chi connectivity index (χ4n) is 1.93. The molecule has 1 aromatic carbocycles. The van der Waals surface area contributed by atoms with Crippen molar-refractivity contribution in [2.45, 2.75) is 26.0 Å². The summed E-state index contributed by atoms with van der Waals surface area (Å²) >= 11 is 3.45. The molecule has 0 fully saturated rings. The third kappa shape index (κ3) is 3.85. The molecule has 8 heteroatoms. The highest BCUT2D eigenvalue weighted by Gasteiger charge is 2.17. The van der Waals surface area contributed by atoms with Crippen molar-refractivity contribution in [3.05, 3.63) is 28.2 Å². The van der Waals surface area contributed by atoms with Gasteiger partial charge < -0.3 is 9.84 Å². The van der Waals surface area contributed by atoms with Crippen LogP contribution in [0.2, 0.25) is 0 Å². The van der Waals surface area contributed by atoms with Gasteiger partial charge in [0.1, 0.15) is 0 Å². The maximum Gasteiger partial charge on any atom is 0.306 e. The molecule has 112 valence electrons. The van der Waals surface area contributed by atoms with Gasteiger partial charge in [-0.25, -0.2) is 4.68 Å². The smallest absolute Gasteiger partial charge is 0.306 e. The number of tetrazole rings is 1. The van der Waals surface area contributed by atoms with Crippen LogP contribution in [0.5, 0.6) is 0 Å². The Bertz CT molecular complexity index is 644. The molecule has 1 N–H and O–H groups in total. The first-order valence-electron chi connectivity index (χ1n) is 6.28. The summed E-state index contributed by atoms with van der Waals surface area (Å²) in [4.78, 5) is 10.8. The van der Waals surface area contributed by atoms with Gasteiger partial charge in [-0.15, -0.1) is 5.10 Å². The number of carboxylic acid groups (broad SMARTS) is 1. The lowest BCUT2D eigenvalue weighted by atomic mass is 10.1. The van der Waals surface area contributed by atoms with Crippen LogP contribution in [0.1, 0.15) is 12.0 Å². The van der Waals surface area contributed by atoms with Gasteiger partial charge in [0.25, 0.3) is 0 Å². The summed E-state index contributed by atoms with van der Waals surface area (Å²) in [5.74, 6) is -0.339. The van der Waals surface area contributed by atoms with Crippen LogP contribution in [-0.2, 0) is 16.1 Å². The Labute approximate surface area is 130 Å². The van der Waals surface area contributed by atoms with Crippen molar-refractivity contribution < 1.29 is 14.6 Å². The minimum absolute atomic E-state index is 0.102. The number of nitrogens with zero attached hydrogens (tertiary/aromatic N) is 4. The highest BCUT2D eigenvalue weighted by atomic mass is 79.9. The quantitative estimate of drug-likeness (QED) is 0.851. The third-order valence-electron chi connectivity index (χ3n) is 3.06. The summed E-state index contributed by atoms with van der Waals surface area (Å²) < 4.78 is 7.72. The summed E-state index contributed by atoms with van der Waals surface area (Å²) in [5, 5.41) is 20.4. The summed E-state index contributed by atoms with van der Waals surface area (Å²) in [6.07, 6.45) is -0.587. The number of aliphatic carboxylic acids is 1. The van der Waals surface area contributed by atoms with E-state index in [4.69, 9.17) is 9.84 Å². The average Bonchev–Trinajstić information content (AvgIpc) is 2.88. The largest absolute Gasteiger partial charge is 0.481 e. The van der Waals surface area contributed by atoms with Gasteiger partial charge in [0, 0.05) is 17.1 Å². The first-order chi connectivity index (χ1) is 10.0. The van der Waals surface area contributed by atoms with Crippen LogP contribution in [0.15, 0.2) is 22.7 Å². The molecule has 2 rings (SSSR count). The minimum atomic E-state index is -0.920. The lowest BCUT2D eigenvalue weighted by Crippen LogP contribution is -2.23. The Balaban J connectivity index is 2.25. The number of methoxy groups -OCH3 is 1. The molecule has 1 atom stereocenters. The van der Waals surface area contributed by atoms with Crippen LogP contribution >= 0.6 is 15.9 Å². The van der Waals surface area contributed by atoms with Crippen molar-refractivity contribution in [3.63, 3.8) is 0 Å². The summed E-state index contributed by atoms with van der Waals surface area (Å²) in [7, 11) is 1.47. The highest BCUT2D eigenvalue weighted by molar-refractivity contribution is 9.10. The number of rotatable bonds is 6. The first-order valence-corrected chi connectivity index (χ1v) is 7.08. The van der Waals surface area contributed by atoms with Crippen LogP contribution in [0, 0.1) is 6.92 Å². The zero-order chi connectivity index (χ0) is 15.4. The van der Waals surface area contributed by atoms with E-state index < -0.39 is 12.1 Å². The molecule has 0 spiro atoms. The number of aryl methyl sites for hydroxylation is 1. The van der Waals surface area contributed by atoms with E-state index in [0.29, 0.717) is 5.82 Å².